The van der Waals surface area contributed by atoms with E-state index in [0.717, 1.165) is 43.6 Å². The Hall–Kier alpha value is -2.11. The molecule has 1 amide bonds. The van der Waals surface area contributed by atoms with Gasteiger partial charge in [-0.25, -0.2) is 4.98 Å². The molecule has 0 spiro atoms. The molecule has 0 radical (unpaired) electrons. The third-order valence-corrected chi connectivity index (χ3v) is 4.78. The number of carbonyl (C=O) groups excluding carboxylic acids is 1. The van der Waals surface area contributed by atoms with Gasteiger partial charge in [-0.2, -0.15) is 0 Å². The molecular weight excluding hydrogens is 304 g/mol. The van der Waals surface area contributed by atoms with Gasteiger partial charge >= 0.3 is 0 Å². The number of hydrogen-bond acceptors (Lipinski definition) is 4. The summed E-state index contributed by atoms with van der Waals surface area (Å²) in [5.74, 6) is 1.62. The number of amides is 1. The SMILES string of the molecule is CCC(CC)c1cc(C(=O)NCCc2cn3c(n2)CCCC3)on1. The molecule has 6 heteroatoms. The van der Waals surface area contributed by atoms with E-state index in [2.05, 4.69) is 40.1 Å². The average molecular weight is 330 g/mol. The second-order valence-corrected chi connectivity index (χ2v) is 6.43. The average Bonchev–Trinajstić information content (AvgIpc) is 3.22. The minimum Gasteiger partial charge on any atom is -0.351 e. The van der Waals surface area contributed by atoms with Gasteiger partial charge in [-0.15, -0.1) is 0 Å². The van der Waals surface area contributed by atoms with E-state index in [1.807, 2.05) is 0 Å². The number of imidazole rings is 1. The Labute approximate surface area is 142 Å². The summed E-state index contributed by atoms with van der Waals surface area (Å²) in [6.45, 7) is 5.85. The first-order valence-corrected chi connectivity index (χ1v) is 9.01. The molecule has 0 saturated heterocycles. The molecule has 3 rings (SSSR count). The molecule has 0 aliphatic carbocycles. The Balaban J connectivity index is 1.51. The summed E-state index contributed by atoms with van der Waals surface area (Å²) < 4.78 is 7.43. The zero-order chi connectivity index (χ0) is 16.9. The predicted octanol–water partition coefficient (Wildman–Crippen LogP) is 3.08. The highest BCUT2D eigenvalue weighted by atomic mass is 16.5. The molecule has 130 valence electrons. The van der Waals surface area contributed by atoms with Gasteiger partial charge in [0.2, 0.25) is 5.76 Å². The van der Waals surface area contributed by atoms with E-state index in [0.29, 0.717) is 18.2 Å². The van der Waals surface area contributed by atoms with Crippen molar-refractivity contribution in [1.82, 2.24) is 20.0 Å². The fourth-order valence-corrected chi connectivity index (χ4v) is 3.28. The molecular formula is C18H26N4O2. The fraction of sp³-hybridized carbons (Fsp3) is 0.611. The van der Waals surface area contributed by atoms with Crippen LogP contribution in [0, 0.1) is 0 Å². The van der Waals surface area contributed by atoms with Gasteiger partial charge in [0.15, 0.2) is 0 Å². The van der Waals surface area contributed by atoms with E-state index in [1.54, 1.807) is 6.07 Å². The van der Waals surface area contributed by atoms with Crippen molar-refractivity contribution >= 4 is 5.91 Å². The van der Waals surface area contributed by atoms with Gasteiger partial charge < -0.3 is 14.4 Å². The minimum atomic E-state index is -0.205. The van der Waals surface area contributed by atoms with Crippen LogP contribution < -0.4 is 5.32 Å². The van der Waals surface area contributed by atoms with Crippen LogP contribution >= 0.6 is 0 Å². The minimum absolute atomic E-state index is 0.205. The van der Waals surface area contributed by atoms with Crippen LogP contribution in [0.2, 0.25) is 0 Å². The molecule has 3 heterocycles. The molecule has 0 bridgehead atoms. The molecule has 0 atom stereocenters. The number of aryl methyl sites for hydroxylation is 2. The first kappa shape index (κ1) is 16.7. The molecule has 6 nitrogen and oxygen atoms in total. The number of nitrogens with one attached hydrogen (secondary N) is 1. The first-order valence-electron chi connectivity index (χ1n) is 9.01. The fourth-order valence-electron chi connectivity index (χ4n) is 3.28. The van der Waals surface area contributed by atoms with Crippen LogP contribution in [0.15, 0.2) is 16.8 Å². The number of nitrogens with zero attached hydrogens (tertiary/aromatic N) is 3. The highest BCUT2D eigenvalue weighted by Crippen LogP contribution is 2.22. The molecule has 1 N–H and O–H groups in total. The largest absolute Gasteiger partial charge is 0.351 e. The predicted molar refractivity (Wildman–Crippen MR) is 91.0 cm³/mol. The molecule has 1 aliphatic heterocycles. The van der Waals surface area contributed by atoms with Crippen LogP contribution in [0.3, 0.4) is 0 Å². The molecule has 2 aromatic rings. The number of rotatable bonds is 7. The summed E-state index contributed by atoms with van der Waals surface area (Å²) in [5.41, 5.74) is 1.91. The van der Waals surface area contributed by atoms with Gasteiger partial charge in [-0.1, -0.05) is 19.0 Å². The lowest BCUT2D eigenvalue weighted by molar-refractivity contribution is 0.0917. The van der Waals surface area contributed by atoms with Gasteiger partial charge in [0.1, 0.15) is 5.82 Å². The van der Waals surface area contributed by atoms with Crippen molar-refractivity contribution in [2.24, 2.45) is 0 Å². The third-order valence-electron chi connectivity index (χ3n) is 4.78. The van der Waals surface area contributed by atoms with Gasteiger partial charge in [0, 0.05) is 44.1 Å². The second-order valence-electron chi connectivity index (χ2n) is 6.43. The highest BCUT2D eigenvalue weighted by molar-refractivity contribution is 5.91. The van der Waals surface area contributed by atoms with Crippen molar-refractivity contribution in [2.75, 3.05) is 6.54 Å². The Bertz CT molecular complexity index is 662. The zero-order valence-electron chi connectivity index (χ0n) is 14.5. The van der Waals surface area contributed by atoms with Crippen molar-refractivity contribution in [1.29, 1.82) is 0 Å². The van der Waals surface area contributed by atoms with E-state index in [9.17, 15) is 4.79 Å². The summed E-state index contributed by atoms with van der Waals surface area (Å²) >= 11 is 0. The van der Waals surface area contributed by atoms with Crippen molar-refractivity contribution < 1.29 is 9.32 Å². The molecule has 2 aromatic heterocycles. The number of fused-ring (bicyclic) bond motifs is 1. The normalized spacial score (nSPS) is 14.0. The number of carbonyl (C=O) groups is 1. The summed E-state index contributed by atoms with van der Waals surface area (Å²) in [5, 5.41) is 6.93. The lowest BCUT2D eigenvalue weighted by atomic mass is 9.99. The third kappa shape index (κ3) is 3.68. The van der Waals surface area contributed by atoms with Crippen molar-refractivity contribution in [3.63, 3.8) is 0 Å². The van der Waals surface area contributed by atoms with Gasteiger partial charge in [-0.3, -0.25) is 4.79 Å². The van der Waals surface area contributed by atoms with Crippen molar-refractivity contribution in [2.45, 2.75) is 64.8 Å². The summed E-state index contributed by atoms with van der Waals surface area (Å²) in [6.07, 6.45) is 8.34. The lowest BCUT2D eigenvalue weighted by Gasteiger charge is -2.11. The highest BCUT2D eigenvalue weighted by Gasteiger charge is 2.17. The molecule has 1 aliphatic rings. The Morgan fingerprint density at radius 3 is 2.96 bits per heavy atom. The van der Waals surface area contributed by atoms with Crippen LogP contribution in [-0.2, 0) is 19.4 Å². The Kier molecular flexibility index (Phi) is 5.33. The topological polar surface area (TPSA) is 73.0 Å². The summed E-state index contributed by atoms with van der Waals surface area (Å²) in [7, 11) is 0. The maximum absolute atomic E-state index is 12.2. The Morgan fingerprint density at radius 2 is 2.21 bits per heavy atom. The van der Waals surface area contributed by atoms with Crippen molar-refractivity contribution in [3.8, 4) is 0 Å². The summed E-state index contributed by atoms with van der Waals surface area (Å²) in [4.78, 5) is 16.8. The number of hydrogen-bond donors (Lipinski definition) is 1. The van der Waals surface area contributed by atoms with Crippen LogP contribution in [0.4, 0.5) is 0 Å². The molecule has 0 aromatic carbocycles. The molecule has 24 heavy (non-hydrogen) atoms. The number of aromatic nitrogens is 3. The van der Waals surface area contributed by atoms with E-state index >= 15 is 0 Å². The van der Waals surface area contributed by atoms with Crippen LogP contribution in [0.5, 0.6) is 0 Å². The maximum atomic E-state index is 12.2. The van der Waals surface area contributed by atoms with Gasteiger partial charge in [-0.05, 0) is 25.7 Å². The summed E-state index contributed by atoms with van der Waals surface area (Å²) in [6, 6.07) is 1.77. The van der Waals surface area contributed by atoms with Crippen LogP contribution in [0.25, 0.3) is 0 Å². The van der Waals surface area contributed by atoms with Gasteiger partial charge in [0.05, 0.1) is 11.4 Å². The van der Waals surface area contributed by atoms with Crippen LogP contribution in [0.1, 0.15) is 73.2 Å². The lowest BCUT2D eigenvalue weighted by Crippen LogP contribution is -2.25. The monoisotopic (exact) mass is 330 g/mol. The zero-order valence-corrected chi connectivity index (χ0v) is 14.5. The van der Waals surface area contributed by atoms with Gasteiger partial charge in [0.25, 0.3) is 5.91 Å². The molecule has 0 fully saturated rings. The standard InChI is InChI=1S/C18H26N4O2/c1-3-13(4-2)15-11-16(24-21-15)18(23)19-9-8-14-12-22-10-6-5-7-17(22)20-14/h11-13H,3-10H2,1-2H3,(H,19,23). The second kappa shape index (κ2) is 7.64. The maximum Gasteiger partial charge on any atom is 0.289 e. The first-order chi connectivity index (χ1) is 11.7. The van der Waals surface area contributed by atoms with E-state index in [1.165, 1.54) is 18.7 Å². The quantitative estimate of drug-likeness (QED) is 0.847. The molecule has 0 saturated carbocycles. The van der Waals surface area contributed by atoms with Crippen LogP contribution in [-0.4, -0.2) is 27.2 Å². The van der Waals surface area contributed by atoms with E-state index in [4.69, 9.17) is 4.52 Å². The molecule has 0 unspecified atom stereocenters. The van der Waals surface area contributed by atoms with Crippen molar-refractivity contribution in [3.05, 3.63) is 35.2 Å². The van der Waals surface area contributed by atoms with E-state index in [-0.39, 0.29) is 5.91 Å². The smallest absolute Gasteiger partial charge is 0.289 e. The Morgan fingerprint density at radius 1 is 1.38 bits per heavy atom. The van der Waals surface area contributed by atoms with E-state index < -0.39 is 0 Å².